The summed E-state index contributed by atoms with van der Waals surface area (Å²) in [6.45, 7) is 0.869. The summed E-state index contributed by atoms with van der Waals surface area (Å²) in [7, 11) is 2.05. The van der Waals surface area contributed by atoms with Gasteiger partial charge in [-0.3, -0.25) is 4.79 Å². The van der Waals surface area contributed by atoms with Crippen molar-refractivity contribution < 1.29 is 4.79 Å². The van der Waals surface area contributed by atoms with Gasteiger partial charge in [0.05, 0.1) is 0 Å². The molecule has 2 atom stereocenters. The second-order valence-electron chi connectivity index (χ2n) is 4.96. The Morgan fingerprint density at radius 3 is 2.60 bits per heavy atom. The summed E-state index contributed by atoms with van der Waals surface area (Å²) >= 11 is 0. The lowest BCUT2D eigenvalue weighted by molar-refractivity contribution is -0.124. The summed E-state index contributed by atoms with van der Waals surface area (Å²) in [6, 6.07) is 0.568. The number of carbonyl (C=O) groups excluding carboxylic acids is 1. The number of hydrogen-bond acceptors (Lipinski definition) is 2. The van der Waals surface area contributed by atoms with Gasteiger partial charge in [0.15, 0.2) is 0 Å². The number of piperidine rings is 1. The standard InChI is InChI=1S/C12H22N2O/c1-13-12(9-4-2-3-5-9)10-6-7-14-11(15)8-10/h9-10,12-13H,2-8H2,1H3,(H,14,15). The van der Waals surface area contributed by atoms with E-state index in [1.54, 1.807) is 0 Å². The van der Waals surface area contributed by atoms with Crippen LogP contribution in [-0.2, 0) is 4.79 Å². The molecule has 0 bridgehead atoms. The fourth-order valence-electron chi connectivity index (χ4n) is 3.29. The van der Waals surface area contributed by atoms with E-state index in [9.17, 15) is 4.79 Å². The lowest BCUT2D eigenvalue weighted by Gasteiger charge is -2.33. The molecular formula is C12H22N2O. The Bertz CT molecular complexity index is 224. The van der Waals surface area contributed by atoms with Crippen LogP contribution in [0, 0.1) is 11.8 Å². The summed E-state index contributed by atoms with van der Waals surface area (Å²) in [4.78, 5) is 11.4. The minimum absolute atomic E-state index is 0.240. The maximum absolute atomic E-state index is 11.4. The largest absolute Gasteiger partial charge is 0.356 e. The van der Waals surface area contributed by atoms with Crippen LogP contribution in [-0.4, -0.2) is 25.5 Å². The quantitative estimate of drug-likeness (QED) is 0.737. The van der Waals surface area contributed by atoms with Crippen molar-refractivity contribution >= 4 is 5.91 Å². The van der Waals surface area contributed by atoms with E-state index < -0.39 is 0 Å². The molecular weight excluding hydrogens is 188 g/mol. The highest BCUT2D eigenvalue weighted by atomic mass is 16.1. The molecule has 0 radical (unpaired) electrons. The number of amides is 1. The van der Waals surface area contributed by atoms with E-state index in [1.807, 2.05) is 0 Å². The molecule has 1 heterocycles. The summed E-state index contributed by atoms with van der Waals surface area (Å²) in [5.74, 6) is 1.61. The van der Waals surface area contributed by atoms with Crippen LogP contribution in [0.25, 0.3) is 0 Å². The van der Waals surface area contributed by atoms with Gasteiger partial charge in [0, 0.05) is 19.0 Å². The normalized spacial score (nSPS) is 30.2. The van der Waals surface area contributed by atoms with Gasteiger partial charge in [0.25, 0.3) is 0 Å². The third-order valence-electron chi connectivity index (χ3n) is 4.03. The minimum atomic E-state index is 0.240. The Labute approximate surface area is 92.0 Å². The minimum Gasteiger partial charge on any atom is -0.356 e. The van der Waals surface area contributed by atoms with Crippen molar-refractivity contribution in [2.45, 2.75) is 44.6 Å². The van der Waals surface area contributed by atoms with E-state index in [4.69, 9.17) is 0 Å². The monoisotopic (exact) mass is 210 g/mol. The van der Waals surface area contributed by atoms with Gasteiger partial charge in [-0.2, -0.15) is 0 Å². The van der Waals surface area contributed by atoms with Crippen LogP contribution < -0.4 is 10.6 Å². The molecule has 2 unspecified atom stereocenters. The third-order valence-corrected chi connectivity index (χ3v) is 4.03. The highest BCUT2D eigenvalue weighted by Crippen LogP contribution is 2.33. The molecule has 1 amide bonds. The van der Waals surface area contributed by atoms with Crippen molar-refractivity contribution in [3.63, 3.8) is 0 Å². The summed E-state index contributed by atoms with van der Waals surface area (Å²) in [5.41, 5.74) is 0. The Hall–Kier alpha value is -0.570. The van der Waals surface area contributed by atoms with Crippen LogP contribution in [0.15, 0.2) is 0 Å². The molecule has 2 aliphatic rings. The molecule has 3 heteroatoms. The van der Waals surface area contributed by atoms with Gasteiger partial charge in [-0.05, 0) is 38.1 Å². The van der Waals surface area contributed by atoms with E-state index in [-0.39, 0.29) is 5.91 Å². The van der Waals surface area contributed by atoms with Crippen molar-refractivity contribution in [3.05, 3.63) is 0 Å². The third kappa shape index (κ3) is 2.51. The van der Waals surface area contributed by atoms with E-state index in [2.05, 4.69) is 17.7 Å². The predicted molar refractivity (Wildman–Crippen MR) is 60.5 cm³/mol. The Morgan fingerprint density at radius 2 is 2.00 bits per heavy atom. The molecule has 3 nitrogen and oxygen atoms in total. The summed E-state index contributed by atoms with van der Waals surface area (Å²) in [5, 5.41) is 6.37. The highest BCUT2D eigenvalue weighted by molar-refractivity contribution is 5.76. The van der Waals surface area contributed by atoms with Gasteiger partial charge in [-0.25, -0.2) is 0 Å². The van der Waals surface area contributed by atoms with E-state index in [0.29, 0.717) is 12.0 Å². The first kappa shape index (κ1) is 10.9. The van der Waals surface area contributed by atoms with Gasteiger partial charge < -0.3 is 10.6 Å². The van der Waals surface area contributed by atoms with Gasteiger partial charge in [-0.1, -0.05) is 12.8 Å². The van der Waals surface area contributed by atoms with Gasteiger partial charge >= 0.3 is 0 Å². The average Bonchev–Trinajstić information content (AvgIpc) is 2.72. The lowest BCUT2D eigenvalue weighted by Crippen LogP contribution is -2.46. The molecule has 1 aliphatic carbocycles. The molecule has 2 N–H and O–H groups in total. The van der Waals surface area contributed by atoms with Crippen molar-refractivity contribution in [1.29, 1.82) is 0 Å². The van der Waals surface area contributed by atoms with E-state index >= 15 is 0 Å². The summed E-state index contributed by atoms with van der Waals surface area (Å²) in [6.07, 6.45) is 7.33. The molecule has 2 rings (SSSR count). The van der Waals surface area contributed by atoms with Gasteiger partial charge in [-0.15, -0.1) is 0 Å². The molecule has 1 saturated heterocycles. The zero-order valence-corrected chi connectivity index (χ0v) is 9.59. The number of rotatable bonds is 3. The average molecular weight is 210 g/mol. The van der Waals surface area contributed by atoms with Crippen molar-refractivity contribution in [3.8, 4) is 0 Å². The fourth-order valence-corrected chi connectivity index (χ4v) is 3.29. The van der Waals surface area contributed by atoms with Crippen LogP contribution in [0.1, 0.15) is 38.5 Å². The molecule has 86 valence electrons. The number of nitrogens with one attached hydrogen (secondary N) is 2. The first-order valence-electron chi connectivity index (χ1n) is 6.25. The predicted octanol–water partition coefficient (Wildman–Crippen LogP) is 1.29. The van der Waals surface area contributed by atoms with Crippen molar-refractivity contribution in [2.24, 2.45) is 11.8 Å². The van der Waals surface area contributed by atoms with Crippen LogP contribution in [0.3, 0.4) is 0 Å². The fraction of sp³-hybridized carbons (Fsp3) is 0.917. The topological polar surface area (TPSA) is 41.1 Å². The molecule has 2 fully saturated rings. The van der Waals surface area contributed by atoms with E-state index in [1.165, 1.54) is 25.7 Å². The molecule has 0 aromatic rings. The second kappa shape index (κ2) is 4.97. The Kier molecular flexibility index (Phi) is 3.62. The summed E-state index contributed by atoms with van der Waals surface area (Å²) < 4.78 is 0. The Morgan fingerprint density at radius 1 is 1.27 bits per heavy atom. The zero-order valence-electron chi connectivity index (χ0n) is 9.59. The smallest absolute Gasteiger partial charge is 0.220 e. The van der Waals surface area contributed by atoms with Gasteiger partial charge in [0.1, 0.15) is 0 Å². The molecule has 0 aromatic heterocycles. The zero-order chi connectivity index (χ0) is 10.7. The SMILES string of the molecule is CNC(C1CCCC1)C1CCNC(=O)C1. The van der Waals surface area contributed by atoms with Gasteiger partial charge in [0.2, 0.25) is 5.91 Å². The van der Waals surface area contributed by atoms with Crippen molar-refractivity contribution in [2.75, 3.05) is 13.6 Å². The molecule has 0 spiro atoms. The number of carbonyl (C=O) groups is 1. The van der Waals surface area contributed by atoms with Crippen LogP contribution in [0.5, 0.6) is 0 Å². The maximum atomic E-state index is 11.4. The molecule has 0 aromatic carbocycles. The first-order chi connectivity index (χ1) is 7.31. The maximum Gasteiger partial charge on any atom is 0.220 e. The van der Waals surface area contributed by atoms with Crippen LogP contribution in [0.4, 0.5) is 0 Å². The molecule has 1 aliphatic heterocycles. The first-order valence-corrected chi connectivity index (χ1v) is 6.25. The number of hydrogen-bond donors (Lipinski definition) is 2. The second-order valence-corrected chi connectivity index (χ2v) is 4.96. The van der Waals surface area contributed by atoms with Crippen LogP contribution in [0.2, 0.25) is 0 Å². The van der Waals surface area contributed by atoms with Crippen LogP contribution >= 0.6 is 0 Å². The highest BCUT2D eigenvalue weighted by Gasteiger charge is 2.32. The van der Waals surface area contributed by atoms with Crippen molar-refractivity contribution in [1.82, 2.24) is 10.6 Å². The Balaban J connectivity index is 1.95. The molecule has 1 saturated carbocycles. The molecule has 15 heavy (non-hydrogen) atoms. The van der Waals surface area contributed by atoms with E-state index in [0.717, 1.165) is 25.3 Å². The lowest BCUT2D eigenvalue weighted by atomic mass is 9.81.